The first kappa shape index (κ1) is 62.2. The van der Waals surface area contributed by atoms with Gasteiger partial charge in [-0.2, -0.15) is 10.5 Å². The zero-order chi connectivity index (χ0) is 68.1. The fraction of sp³-hybridized carbons (Fsp3) is 0.0471. The van der Waals surface area contributed by atoms with E-state index in [0.29, 0.717) is 99.8 Å². The van der Waals surface area contributed by atoms with Crippen molar-refractivity contribution in [2.75, 3.05) is 0 Å². The third-order valence-electron chi connectivity index (χ3n) is 17.4. The molecule has 0 aliphatic heterocycles. The summed E-state index contributed by atoms with van der Waals surface area (Å²) in [5.41, 5.74) is 11.8. The lowest BCUT2D eigenvalue weighted by molar-refractivity contribution is 0.0464. The molecular formula is C85H55N7O8. The molecule has 0 unspecified atom stereocenters. The Bertz CT molecular complexity index is 5560. The van der Waals surface area contributed by atoms with Crippen molar-refractivity contribution < 1.29 is 38.1 Å². The lowest BCUT2D eigenvalue weighted by Crippen LogP contribution is -2.06. The Labute approximate surface area is 573 Å². The molecule has 0 aliphatic carbocycles. The van der Waals surface area contributed by atoms with Gasteiger partial charge in [0.15, 0.2) is 17.5 Å². The van der Waals surface area contributed by atoms with Crippen LogP contribution in [0.2, 0.25) is 0 Å². The smallest absolute Gasteiger partial charge is 0.338 e. The van der Waals surface area contributed by atoms with Gasteiger partial charge in [0.25, 0.3) is 0 Å². The molecule has 0 spiro atoms. The second kappa shape index (κ2) is 27.4. The van der Waals surface area contributed by atoms with Crippen LogP contribution in [0.5, 0.6) is 0 Å². The van der Waals surface area contributed by atoms with Gasteiger partial charge in [-0.15, -0.1) is 0 Å². The van der Waals surface area contributed by atoms with E-state index >= 15 is 0 Å². The molecule has 0 radical (unpaired) electrons. The van der Waals surface area contributed by atoms with E-state index in [-0.39, 0.29) is 60.3 Å². The third-order valence-corrected chi connectivity index (χ3v) is 17.4. The minimum absolute atomic E-state index is 0.0550. The number of ether oxygens (including phenoxy) is 4. The predicted octanol–water partition coefficient (Wildman–Crippen LogP) is 17.9. The van der Waals surface area contributed by atoms with E-state index in [0.717, 1.165) is 22.3 Å². The first-order valence-corrected chi connectivity index (χ1v) is 32.1. The highest BCUT2D eigenvalue weighted by Gasteiger charge is 2.26. The molecule has 0 atom stereocenters. The van der Waals surface area contributed by atoms with Gasteiger partial charge in [-0.25, -0.2) is 34.1 Å². The van der Waals surface area contributed by atoms with Crippen LogP contribution in [0.4, 0.5) is 0 Å². The van der Waals surface area contributed by atoms with Gasteiger partial charge in [0.05, 0.1) is 72.9 Å². The maximum atomic E-state index is 14.0. The Morgan fingerprint density at radius 3 is 1.00 bits per heavy atom. The third kappa shape index (κ3) is 12.6. The number of carbonyl (C=O) groups is 4. The predicted molar refractivity (Wildman–Crippen MR) is 382 cm³/mol. The van der Waals surface area contributed by atoms with Crippen molar-refractivity contribution in [2.24, 2.45) is 0 Å². The highest BCUT2D eigenvalue weighted by atomic mass is 16.5. The minimum Gasteiger partial charge on any atom is -0.457 e. The summed E-state index contributed by atoms with van der Waals surface area (Å²) in [6.45, 7) is 0.222. The molecule has 0 bridgehead atoms. The minimum atomic E-state index is -0.548. The van der Waals surface area contributed by atoms with Crippen molar-refractivity contribution in [3.05, 3.63) is 341 Å². The number of fused-ring (bicyclic) bond motifs is 6. The summed E-state index contributed by atoms with van der Waals surface area (Å²) in [6, 6.07) is 91.5. The number of hydrogen-bond donors (Lipinski definition) is 0. The van der Waals surface area contributed by atoms with E-state index in [2.05, 4.69) is 12.1 Å². The van der Waals surface area contributed by atoms with Gasteiger partial charge >= 0.3 is 23.9 Å². The van der Waals surface area contributed by atoms with E-state index in [9.17, 15) is 29.7 Å². The monoisotopic (exact) mass is 1300 g/mol. The molecule has 12 aromatic carbocycles. The topological polar surface area (TPSA) is 201 Å². The first-order chi connectivity index (χ1) is 49.1. The first-order valence-electron chi connectivity index (χ1n) is 32.1. The average Bonchev–Trinajstić information content (AvgIpc) is 1.58. The number of aromatic nitrogens is 5. The number of hydrogen-bond acceptors (Lipinski definition) is 13. The van der Waals surface area contributed by atoms with Crippen LogP contribution in [0.1, 0.15) is 74.8 Å². The second-order valence-electron chi connectivity index (χ2n) is 23.8. The zero-order valence-electron chi connectivity index (χ0n) is 53.4. The van der Waals surface area contributed by atoms with Crippen LogP contribution in [0.25, 0.3) is 100 Å². The molecule has 0 fully saturated rings. The Morgan fingerprint density at radius 1 is 0.300 bits per heavy atom. The Morgan fingerprint density at radius 2 is 0.620 bits per heavy atom. The molecule has 15 heteroatoms. The van der Waals surface area contributed by atoms with E-state index in [4.69, 9.17) is 33.9 Å². The van der Waals surface area contributed by atoms with Gasteiger partial charge in [-0.1, -0.05) is 182 Å². The highest BCUT2D eigenvalue weighted by Crippen LogP contribution is 2.42. The molecule has 0 amide bonds. The molecule has 478 valence electrons. The van der Waals surface area contributed by atoms with Crippen LogP contribution in [-0.4, -0.2) is 48.0 Å². The number of nitriles is 2. The van der Waals surface area contributed by atoms with Gasteiger partial charge in [0, 0.05) is 49.4 Å². The molecular weight excluding hydrogens is 1250 g/mol. The average molecular weight is 1300 g/mol. The number of carbonyl (C=O) groups excluding carboxylic acids is 4. The van der Waals surface area contributed by atoms with E-state index in [1.54, 1.807) is 78.9 Å². The van der Waals surface area contributed by atoms with E-state index < -0.39 is 23.9 Å². The van der Waals surface area contributed by atoms with Crippen LogP contribution in [0.3, 0.4) is 0 Å². The van der Waals surface area contributed by atoms with Crippen molar-refractivity contribution in [2.45, 2.75) is 26.4 Å². The summed E-state index contributed by atoms with van der Waals surface area (Å²) in [6.07, 6.45) is 0. The van der Waals surface area contributed by atoms with Gasteiger partial charge in [-0.3, -0.25) is 0 Å². The Hall–Kier alpha value is -13.9. The molecule has 100 heavy (non-hydrogen) atoms. The van der Waals surface area contributed by atoms with Crippen LogP contribution < -0.4 is 0 Å². The summed E-state index contributed by atoms with van der Waals surface area (Å²) in [5, 5.41) is 24.2. The number of nitrogens with zero attached hydrogens (tertiary/aromatic N) is 7. The summed E-state index contributed by atoms with van der Waals surface area (Å²) < 4.78 is 27.3. The van der Waals surface area contributed by atoms with Gasteiger partial charge in [0.1, 0.15) is 32.5 Å². The fourth-order valence-corrected chi connectivity index (χ4v) is 12.5. The molecule has 0 aliphatic rings. The van der Waals surface area contributed by atoms with E-state index in [1.807, 2.05) is 215 Å². The maximum absolute atomic E-state index is 14.0. The molecule has 0 saturated carbocycles. The van der Waals surface area contributed by atoms with Gasteiger partial charge < -0.3 is 28.1 Å². The fourth-order valence-electron chi connectivity index (χ4n) is 12.5. The summed E-state index contributed by atoms with van der Waals surface area (Å²) in [4.78, 5) is 71.5. The molecule has 15 nitrogen and oxygen atoms in total. The van der Waals surface area contributed by atoms with Crippen molar-refractivity contribution in [3.8, 4) is 68.8 Å². The normalized spacial score (nSPS) is 11.1. The molecule has 3 heterocycles. The summed E-state index contributed by atoms with van der Waals surface area (Å²) in [5.74, 6) is -1.29. The summed E-state index contributed by atoms with van der Waals surface area (Å²) >= 11 is 0. The van der Waals surface area contributed by atoms with Crippen molar-refractivity contribution in [3.63, 3.8) is 0 Å². The number of benzene rings is 12. The van der Waals surface area contributed by atoms with Gasteiger partial charge in [0.2, 0.25) is 0 Å². The molecule has 15 aromatic rings. The Balaban J connectivity index is 0.883. The van der Waals surface area contributed by atoms with Crippen LogP contribution in [-0.2, 0) is 45.4 Å². The lowest BCUT2D eigenvalue weighted by atomic mass is 9.96. The van der Waals surface area contributed by atoms with Crippen molar-refractivity contribution in [1.29, 1.82) is 10.5 Å². The van der Waals surface area contributed by atoms with Crippen molar-refractivity contribution in [1.82, 2.24) is 24.1 Å². The molecule has 15 rings (SSSR count). The number of esters is 4. The van der Waals surface area contributed by atoms with Crippen LogP contribution >= 0.6 is 0 Å². The largest absolute Gasteiger partial charge is 0.457 e. The maximum Gasteiger partial charge on any atom is 0.338 e. The van der Waals surface area contributed by atoms with Crippen molar-refractivity contribution >= 4 is 67.5 Å². The number of rotatable bonds is 18. The van der Waals surface area contributed by atoms with E-state index in [1.165, 1.54) is 0 Å². The standard InChI is InChI=1S/C85H55N7O8/c86-48-65-28-16-17-29-67(65)68-37-32-60(47-78(68)92-75-40-35-63(84(95)99-52-56-22-10-3-11-23-56)44-71(75)72-45-64(36-41-76(72)92)85(96)100-53-57-24-12-4-13-25-57)81-89-79(58-26-14-5-15-27-58)88-80(90-81)59-30-31-66(49-87)77(46-59)91-73-38-33-61(82(93)97-50-54-18-6-1-7-19-54)42-69(73)70-43-62(34-39-74(70)91)83(94)98-51-55-20-8-2-9-21-55/h1-47H,50-53H2. The zero-order valence-corrected chi connectivity index (χ0v) is 53.4. The molecule has 0 N–H and O–H groups in total. The lowest BCUT2D eigenvalue weighted by Gasteiger charge is -2.17. The Kier molecular flexibility index (Phi) is 17.1. The van der Waals surface area contributed by atoms with Gasteiger partial charge in [-0.05, 0) is 125 Å². The van der Waals surface area contributed by atoms with Crippen LogP contribution in [0, 0.1) is 22.7 Å². The summed E-state index contributed by atoms with van der Waals surface area (Å²) in [7, 11) is 0. The molecule has 3 aromatic heterocycles. The second-order valence-corrected chi connectivity index (χ2v) is 23.8. The quantitative estimate of drug-likeness (QED) is 0.0581. The highest BCUT2D eigenvalue weighted by molar-refractivity contribution is 6.15. The van der Waals surface area contributed by atoms with Crippen LogP contribution in [0.15, 0.2) is 285 Å². The SMILES string of the molecule is N#Cc1ccccc1-c1ccc(-c2nc(-c3ccccc3)nc(-c3ccc(C#N)c(-n4c5ccc(C(=O)OCc6ccccc6)cc5c5cc(C(=O)OCc6ccccc6)ccc54)c3)n2)cc1-n1c2ccc(C(=O)OCc3ccccc3)cc2c2cc(C(=O)OCc3ccccc3)ccc21. The molecule has 0 saturated heterocycles.